The van der Waals surface area contributed by atoms with E-state index in [4.69, 9.17) is 4.74 Å². The molecular weight excluding hydrogens is 486 g/mol. The standard InChI is InChI=1S/C24H21F4N3O3S/c1-16(30-35(32,33)15-24(26,27)28)23(17-5-3-2-4-6-17)34-21-11-12-22-18(13-21)14-29-31(22)20-9-7-19(25)8-10-20/h2-14,16,23,30H,15H2,1H3/t16-,23-/m0/s1. The van der Waals surface area contributed by atoms with Gasteiger partial charge < -0.3 is 4.74 Å². The number of alkyl halides is 3. The second-order valence-electron chi connectivity index (χ2n) is 7.98. The van der Waals surface area contributed by atoms with Gasteiger partial charge in [0, 0.05) is 5.39 Å². The highest BCUT2D eigenvalue weighted by Crippen LogP contribution is 2.29. The first kappa shape index (κ1) is 24.7. The minimum atomic E-state index is -4.87. The minimum Gasteiger partial charge on any atom is -0.484 e. The Balaban J connectivity index is 1.62. The van der Waals surface area contributed by atoms with Crippen molar-refractivity contribution < 1.29 is 30.7 Å². The smallest absolute Gasteiger partial charge is 0.404 e. The number of ether oxygens (including phenoxy) is 1. The van der Waals surface area contributed by atoms with E-state index in [2.05, 4.69) is 9.82 Å². The lowest BCUT2D eigenvalue weighted by molar-refractivity contribution is -0.106. The molecule has 35 heavy (non-hydrogen) atoms. The fraction of sp³-hybridized carbons (Fsp3) is 0.208. The van der Waals surface area contributed by atoms with Crippen LogP contribution in [-0.4, -0.2) is 36.2 Å². The topological polar surface area (TPSA) is 73.2 Å². The average Bonchev–Trinajstić information content (AvgIpc) is 3.20. The lowest BCUT2D eigenvalue weighted by Crippen LogP contribution is -2.42. The fourth-order valence-corrected chi connectivity index (χ4v) is 4.93. The quantitative estimate of drug-likeness (QED) is 0.335. The van der Waals surface area contributed by atoms with E-state index >= 15 is 0 Å². The van der Waals surface area contributed by atoms with Crippen LogP contribution in [0.15, 0.2) is 79.0 Å². The van der Waals surface area contributed by atoms with E-state index in [1.54, 1.807) is 71.5 Å². The number of benzene rings is 3. The summed E-state index contributed by atoms with van der Waals surface area (Å²) in [6, 6.07) is 18.5. The summed E-state index contributed by atoms with van der Waals surface area (Å²) in [6.07, 6.45) is -4.19. The second kappa shape index (κ2) is 9.67. The summed E-state index contributed by atoms with van der Waals surface area (Å²) in [4.78, 5) is 0. The largest absolute Gasteiger partial charge is 0.484 e. The number of nitrogens with one attached hydrogen (secondary N) is 1. The van der Waals surface area contributed by atoms with Crippen LogP contribution in [0.1, 0.15) is 18.6 Å². The van der Waals surface area contributed by atoms with Gasteiger partial charge in [0.1, 0.15) is 17.7 Å². The van der Waals surface area contributed by atoms with Crippen LogP contribution in [-0.2, 0) is 10.0 Å². The molecule has 1 N–H and O–H groups in total. The molecule has 0 saturated carbocycles. The molecule has 0 saturated heterocycles. The normalized spacial score (nSPS) is 14.1. The molecular formula is C24H21F4N3O3S. The van der Waals surface area contributed by atoms with Crippen LogP contribution in [0.5, 0.6) is 5.75 Å². The molecule has 4 rings (SSSR count). The third-order valence-electron chi connectivity index (χ3n) is 5.18. The Bertz CT molecular complexity index is 1410. The van der Waals surface area contributed by atoms with Gasteiger partial charge in [0.2, 0.25) is 10.0 Å². The summed E-state index contributed by atoms with van der Waals surface area (Å²) < 4.78 is 85.2. The number of sulfonamides is 1. The highest BCUT2D eigenvalue weighted by atomic mass is 32.2. The Labute approximate surface area is 199 Å². The third kappa shape index (κ3) is 6.17. The van der Waals surface area contributed by atoms with Crippen LogP contribution in [0.3, 0.4) is 0 Å². The molecule has 0 radical (unpaired) electrons. The van der Waals surface area contributed by atoms with E-state index in [-0.39, 0.29) is 5.82 Å². The molecule has 0 unspecified atom stereocenters. The summed E-state index contributed by atoms with van der Waals surface area (Å²) in [5, 5.41) is 5.03. The van der Waals surface area contributed by atoms with E-state index in [1.807, 2.05) is 0 Å². The van der Waals surface area contributed by atoms with Crippen molar-refractivity contribution in [2.45, 2.75) is 25.2 Å². The van der Waals surface area contributed by atoms with Crippen molar-refractivity contribution in [2.24, 2.45) is 0 Å². The van der Waals surface area contributed by atoms with E-state index in [0.29, 0.717) is 22.4 Å². The van der Waals surface area contributed by atoms with Crippen LogP contribution in [0.2, 0.25) is 0 Å². The first-order valence-corrected chi connectivity index (χ1v) is 12.2. The molecule has 0 aliphatic heterocycles. The lowest BCUT2D eigenvalue weighted by Gasteiger charge is -2.26. The Morgan fingerprint density at radius 2 is 1.71 bits per heavy atom. The van der Waals surface area contributed by atoms with E-state index in [9.17, 15) is 26.0 Å². The summed E-state index contributed by atoms with van der Waals surface area (Å²) in [5.41, 5.74) is 1.96. The predicted octanol–water partition coefficient (Wildman–Crippen LogP) is 5.15. The number of nitrogens with zero attached hydrogens (tertiary/aromatic N) is 2. The number of rotatable bonds is 8. The van der Waals surface area contributed by atoms with E-state index in [1.165, 1.54) is 19.1 Å². The molecule has 6 nitrogen and oxygen atoms in total. The highest BCUT2D eigenvalue weighted by molar-refractivity contribution is 7.89. The molecule has 184 valence electrons. The second-order valence-corrected chi connectivity index (χ2v) is 9.74. The van der Waals surface area contributed by atoms with Gasteiger partial charge in [0.05, 0.1) is 23.4 Å². The summed E-state index contributed by atoms with van der Waals surface area (Å²) >= 11 is 0. The molecule has 3 aromatic carbocycles. The zero-order valence-corrected chi connectivity index (χ0v) is 19.2. The number of halogens is 4. The zero-order chi connectivity index (χ0) is 25.2. The molecule has 0 aliphatic rings. The first-order valence-electron chi connectivity index (χ1n) is 10.5. The van der Waals surface area contributed by atoms with Crippen molar-refractivity contribution >= 4 is 20.9 Å². The molecule has 0 spiro atoms. The van der Waals surface area contributed by atoms with Gasteiger partial charge in [-0.15, -0.1) is 0 Å². The van der Waals surface area contributed by atoms with Crippen LogP contribution in [0.25, 0.3) is 16.6 Å². The van der Waals surface area contributed by atoms with Crippen LogP contribution in [0.4, 0.5) is 17.6 Å². The number of fused-ring (bicyclic) bond motifs is 1. The lowest BCUT2D eigenvalue weighted by atomic mass is 10.0. The molecule has 4 aromatic rings. The van der Waals surface area contributed by atoms with Gasteiger partial charge in [-0.1, -0.05) is 30.3 Å². The average molecular weight is 508 g/mol. The van der Waals surface area contributed by atoms with Crippen LogP contribution in [0, 0.1) is 5.82 Å². The SMILES string of the molecule is C[C@H](NS(=O)(=O)CC(F)(F)F)[C@H](Oc1ccc2c(cnn2-c2ccc(F)cc2)c1)c1ccccc1. The van der Waals surface area contributed by atoms with Crippen LogP contribution < -0.4 is 9.46 Å². The molecule has 0 fully saturated rings. The molecule has 0 amide bonds. The minimum absolute atomic E-state index is 0.367. The van der Waals surface area contributed by atoms with Crippen molar-refractivity contribution in [3.63, 3.8) is 0 Å². The van der Waals surface area contributed by atoms with E-state index in [0.717, 1.165) is 5.52 Å². The molecule has 11 heteroatoms. The first-order chi connectivity index (χ1) is 16.5. The highest BCUT2D eigenvalue weighted by Gasteiger charge is 2.37. The van der Waals surface area contributed by atoms with Gasteiger partial charge >= 0.3 is 6.18 Å². The van der Waals surface area contributed by atoms with Gasteiger partial charge in [0.15, 0.2) is 5.75 Å². The molecule has 2 atom stereocenters. The monoisotopic (exact) mass is 507 g/mol. The number of aromatic nitrogens is 2. The summed E-state index contributed by atoms with van der Waals surface area (Å²) in [6.45, 7) is 1.44. The predicted molar refractivity (Wildman–Crippen MR) is 123 cm³/mol. The zero-order valence-electron chi connectivity index (χ0n) is 18.4. The van der Waals surface area contributed by atoms with Crippen molar-refractivity contribution in [1.29, 1.82) is 0 Å². The van der Waals surface area contributed by atoms with E-state index < -0.39 is 34.1 Å². The Kier molecular flexibility index (Phi) is 6.82. The molecule has 0 bridgehead atoms. The number of hydrogen-bond donors (Lipinski definition) is 1. The Hall–Kier alpha value is -3.44. The van der Waals surface area contributed by atoms with Crippen LogP contribution >= 0.6 is 0 Å². The van der Waals surface area contributed by atoms with Crippen molar-refractivity contribution in [3.8, 4) is 11.4 Å². The van der Waals surface area contributed by atoms with Gasteiger partial charge in [-0.05, 0) is 55.0 Å². The number of hydrogen-bond acceptors (Lipinski definition) is 4. The van der Waals surface area contributed by atoms with Gasteiger partial charge in [0.25, 0.3) is 0 Å². The van der Waals surface area contributed by atoms with Crippen molar-refractivity contribution in [2.75, 3.05) is 5.75 Å². The summed E-state index contributed by atoms with van der Waals surface area (Å²) in [5.74, 6) is -1.99. The van der Waals surface area contributed by atoms with Crippen molar-refractivity contribution in [3.05, 3.63) is 90.4 Å². The molecule has 1 aromatic heterocycles. The van der Waals surface area contributed by atoms with Crippen molar-refractivity contribution in [1.82, 2.24) is 14.5 Å². The maximum Gasteiger partial charge on any atom is 0.404 e. The third-order valence-corrected chi connectivity index (χ3v) is 6.61. The Morgan fingerprint density at radius 3 is 2.37 bits per heavy atom. The maximum absolute atomic E-state index is 13.3. The maximum atomic E-state index is 13.3. The Morgan fingerprint density at radius 1 is 1.03 bits per heavy atom. The summed E-state index contributed by atoms with van der Waals surface area (Å²) in [7, 11) is -4.64. The van der Waals surface area contributed by atoms with Gasteiger partial charge in [-0.3, -0.25) is 0 Å². The molecule has 1 heterocycles. The van der Waals surface area contributed by atoms with Gasteiger partial charge in [-0.2, -0.15) is 18.3 Å². The fourth-order valence-electron chi connectivity index (χ4n) is 3.72. The van der Waals surface area contributed by atoms with Gasteiger partial charge in [-0.25, -0.2) is 22.2 Å². The molecule has 0 aliphatic carbocycles.